The van der Waals surface area contributed by atoms with E-state index in [1.807, 2.05) is 19.1 Å². The fourth-order valence-electron chi connectivity index (χ4n) is 1.28. The monoisotopic (exact) mass is 295 g/mol. The van der Waals surface area contributed by atoms with Crippen LogP contribution in [0.1, 0.15) is 12.7 Å². The number of hydrogen-bond donors (Lipinski definition) is 1. The second-order valence-electron chi connectivity index (χ2n) is 4.05. The lowest BCUT2D eigenvalue weighted by atomic mass is 10.3. The SMILES string of the molecule is C=C(C)CSc1n[nH]c(COc2ccc(Cl)cc2)n1. The molecule has 0 unspecified atom stereocenters. The second kappa shape index (κ2) is 6.63. The van der Waals surface area contributed by atoms with Gasteiger partial charge in [-0.05, 0) is 31.2 Å². The third kappa shape index (κ3) is 4.61. The van der Waals surface area contributed by atoms with Crippen molar-refractivity contribution in [1.29, 1.82) is 0 Å². The Hall–Kier alpha value is -1.46. The Morgan fingerprint density at radius 3 is 2.84 bits per heavy atom. The maximum absolute atomic E-state index is 5.80. The van der Waals surface area contributed by atoms with Gasteiger partial charge in [-0.15, -0.1) is 5.10 Å². The largest absolute Gasteiger partial charge is 0.486 e. The molecule has 1 N–H and O–H groups in total. The highest BCUT2D eigenvalue weighted by Gasteiger charge is 2.04. The molecule has 0 atom stereocenters. The molecule has 6 heteroatoms. The summed E-state index contributed by atoms with van der Waals surface area (Å²) in [6.45, 7) is 6.16. The zero-order valence-corrected chi connectivity index (χ0v) is 12.1. The van der Waals surface area contributed by atoms with Gasteiger partial charge in [-0.2, -0.15) is 0 Å². The molecule has 0 saturated heterocycles. The molecule has 0 aliphatic carbocycles. The minimum Gasteiger partial charge on any atom is -0.486 e. The molecule has 100 valence electrons. The summed E-state index contributed by atoms with van der Waals surface area (Å²) in [7, 11) is 0. The van der Waals surface area contributed by atoms with E-state index >= 15 is 0 Å². The van der Waals surface area contributed by atoms with Crippen LogP contribution in [0.25, 0.3) is 0 Å². The average Bonchev–Trinajstić information content (AvgIpc) is 2.84. The van der Waals surface area contributed by atoms with E-state index in [-0.39, 0.29) is 0 Å². The molecule has 2 rings (SSSR count). The first kappa shape index (κ1) is 14.0. The quantitative estimate of drug-likeness (QED) is 0.652. The highest BCUT2D eigenvalue weighted by atomic mass is 35.5. The fraction of sp³-hybridized carbons (Fsp3) is 0.231. The van der Waals surface area contributed by atoms with Crippen LogP contribution in [0.2, 0.25) is 5.02 Å². The molecule has 0 aliphatic rings. The minimum atomic E-state index is 0.349. The summed E-state index contributed by atoms with van der Waals surface area (Å²) in [5.74, 6) is 2.26. The highest BCUT2D eigenvalue weighted by molar-refractivity contribution is 7.99. The lowest BCUT2D eigenvalue weighted by molar-refractivity contribution is 0.296. The van der Waals surface area contributed by atoms with Crippen LogP contribution in [0.15, 0.2) is 41.6 Å². The molecule has 19 heavy (non-hydrogen) atoms. The first-order valence-electron chi connectivity index (χ1n) is 5.70. The number of aromatic nitrogens is 3. The number of hydrogen-bond acceptors (Lipinski definition) is 4. The second-order valence-corrected chi connectivity index (χ2v) is 5.43. The van der Waals surface area contributed by atoms with E-state index in [0.717, 1.165) is 17.1 Å². The van der Waals surface area contributed by atoms with Crippen molar-refractivity contribution in [2.24, 2.45) is 0 Å². The molecule has 1 heterocycles. The molecule has 0 spiro atoms. The Bertz CT molecular complexity index is 553. The summed E-state index contributed by atoms with van der Waals surface area (Å²) in [4.78, 5) is 4.32. The van der Waals surface area contributed by atoms with Gasteiger partial charge in [0.05, 0.1) is 0 Å². The van der Waals surface area contributed by atoms with Crippen LogP contribution in [0.5, 0.6) is 5.75 Å². The molecule has 0 radical (unpaired) electrons. The van der Waals surface area contributed by atoms with Crippen molar-refractivity contribution < 1.29 is 4.74 Å². The smallest absolute Gasteiger partial charge is 0.208 e. The normalized spacial score (nSPS) is 10.4. The summed E-state index contributed by atoms with van der Waals surface area (Å²) in [6.07, 6.45) is 0. The topological polar surface area (TPSA) is 50.8 Å². The molecule has 1 aromatic heterocycles. The standard InChI is InChI=1S/C13H14ClN3OS/c1-9(2)8-19-13-15-12(16-17-13)7-18-11-5-3-10(14)4-6-11/h3-6H,1,7-8H2,2H3,(H,15,16,17). The van der Waals surface area contributed by atoms with Gasteiger partial charge >= 0.3 is 0 Å². The van der Waals surface area contributed by atoms with Crippen LogP contribution in [-0.4, -0.2) is 20.9 Å². The number of nitrogens with zero attached hydrogens (tertiary/aromatic N) is 2. The number of rotatable bonds is 6. The van der Waals surface area contributed by atoms with Crippen molar-refractivity contribution >= 4 is 23.4 Å². The Morgan fingerprint density at radius 1 is 1.42 bits per heavy atom. The molecule has 0 saturated carbocycles. The Kier molecular flexibility index (Phi) is 4.87. The number of thioether (sulfide) groups is 1. The number of H-pyrrole nitrogens is 1. The van der Waals surface area contributed by atoms with Gasteiger partial charge in [0.25, 0.3) is 0 Å². The summed E-state index contributed by atoms with van der Waals surface area (Å²) in [5, 5.41) is 8.34. The number of nitrogens with one attached hydrogen (secondary N) is 1. The van der Waals surface area contributed by atoms with E-state index < -0.39 is 0 Å². The van der Waals surface area contributed by atoms with E-state index in [4.69, 9.17) is 16.3 Å². The van der Waals surface area contributed by atoms with Gasteiger partial charge in [0.2, 0.25) is 5.16 Å². The molecule has 0 fully saturated rings. The summed E-state index contributed by atoms with van der Waals surface area (Å²) in [5.41, 5.74) is 1.09. The Labute approximate surface area is 121 Å². The lowest BCUT2D eigenvalue weighted by Gasteiger charge is -2.03. The number of halogens is 1. The number of benzene rings is 1. The minimum absolute atomic E-state index is 0.349. The first-order valence-corrected chi connectivity index (χ1v) is 7.06. The summed E-state index contributed by atoms with van der Waals surface area (Å²) >= 11 is 7.35. The third-order valence-corrected chi connectivity index (χ3v) is 3.48. The van der Waals surface area contributed by atoms with Crippen LogP contribution in [0.4, 0.5) is 0 Å². The average molecular weight is 296 g/mol. The third-order valence-electron chi connectivity index (χ3n) is 2.15. The van der Waals surface area contributed by atoms with Crippen molar-refractivity contribution in [2.75, 3.05) is 5.75 Å². The van der Waals surface area contributed by atoms with Gasteiger partial charge < -0.3 is 4.74 Å². The summed E-state index contributed by atoms with van der Waals surface area (Å²) in [6, 6.07) is 7.20. The zero-order valence-electron chi connectivity index (χ0n) is 10.5. The van der Waals surface area contributed by atoms with Gasteiger partial charge in [0, 0.05) is 10.8 Å². The van der Waals surface area contributed by atoms with Crippen LogP contribution < -0.4 is 4.74 Å². The van der Waals surface area contributed by atoms with Crippen molar-refractivity contribution in [3.63, 3.8) is 0 Å². The van der Waals surface area contributed by atoms with E-state index in [1.54, 1.807) is 23.9 Å². The van der Waals surface area contributed by atoms with E-state index in [0.29, 0.717) is 22.6 Å². The van der Waals surface area contributed by atoms with Crippen LogP contribution in [0, 0.1) is 0 Å². The summed E-state index contributed by atoms with van der Waals surface area (Å²) < 4.78 is 5.57. The van der Waals surface area contributed by atoms with E-state index in [2.05, 4.69) is 21.8 Å². The van der Waals surface area contributed by atoms with Gasteiger partial charge in [-0.25, -0.2) is 4.98 Å². The van der Waals surface area contributed by atoms with Gasteiger partial charge in [-0.1, -0.05) is 35.5 Å². The molecule has 0 amide bonds. The van der Waals surface area contributed by atoms with Gasteiger partial charge in [-0.3, -0.25) is 5.10 Å². The van der Waals surface area contributed by atoms with Crippen molar-refractivity contribution in [1.82, 2.24) is 15.2 Å². The zero-order chi connectivity index (χ0) is 13.7. The Balaban J connectivity index is 1.86. The molecule has 2 aromatic rings. The van der Waals surface area contributed by atoms with Crippen LogP contribution in [-0.2, 0) is 6.61 Å². The molecule has 4 nitrogen and oxygen atoms in total. The number of aromatic amines is 1. The predicted octanol–water partition coefficient (Wildman–Crippen LogP) is 3.71. The molecular formula is C13H14ClN3OS. The predicted molar refractivity (Wildman–Crippen MR) is 77.7 cm³/mol. The molecule has 0 aliphatic heterocycles. The highest BCUT2D eigenvalue weighted by Crippen LogP contribution is 2.18. The number of ether oxygens (including phenoxy) is 1. The van der Waals surface area contributed by atoms with Crippen molar-refractivity contribution in [3.05, 3.63) is 47.3 Å². The lowest BCUT2D eigenvalue weighted by Crippen LogP contribution is -1.97. The first-order chi connectivity index (χ1) is 9.13. The van der Waals surface area contributed by atoms with Gasteiger partial charge in [0.1, 0.15) is 12.4 Å². The molecule has 1 aromatic carbocycles. The molecular weight excluding hydrogens is 282 g/mol. The fourth-order valence-corrected chi connectivity index (χ4v) is 2.06. The van der Waals surface area contributed by atoms with Crippen molar-refractivity contribution in [3.8, 4) is 5.75 Å². The van der Waals surface area contributed by atoms with E-state index in [9.17, 15) is 0 Å². The van der Waals surface area contributed by atoms with Gasteiger partial charge in [0.15, 0.2) is 5.82 Å². The maximum atomic E-state index is 5.80. The maximum Gasteiger partial charge on any atom is 0.208 e. The van der Waals surface area contributed by atoms with E-state index in [1.165, 1.54) is 0 Å². The molecule has 0 bridgehead atoms. The van der Waals surface area contributed by atoms with Crippen LogP contribution >= 0.6 is 23.4 Å². The van der Waals surface area contributed by atoms with Crippen LogP contribution in [0.3, 0.4) is 0 Å². The van der Waals surface area contributed by atoms with Crippen molar-refractivity contribution in [2.45, 2.75) is 18.7 Å². The Morgan fingerprint density at radius 2 is 2.16 bits per heavy atom.